The Morgan fingerprint density at radius 1 is 1.07 bits per heavy atom. The number of para-hydroxylation sites is 1. The summed E-state index contributed by atoms with van der Waals surface area (Å²) in [5.74, 6) is -1.01. The van der Waals surface area contributed by atoms with Crippen molar-refractivity contribution in [3.05, 3.63) is 83.6 Å². The van der Waals surface area contributed by atoms with Gasteiger partial charge in [0.2, 0.25) is 0 Å². The van der Waals surface area contributed by atoms with Crippen LogP contribution >= 0.6 is 0 Å². The smallest absolute Gasteiger partial charge is 0.340 e. The van der Waals surface area contributed by atoms with Crippen LogP contribution in [0.2, 0.25) is 0 Å². The molecule has 0 aliphatic heterocycles. The second-order valence-electron chi connectivity index (χ2n) is 5.95. The van der Waals surface area contributed by atoms with Crippen molar-refractivity contribution >= 4 is 23.4 Å². The Bertz CT molecular complexity index is 1030. The summed E-state index contributed by atoms with van der Waals surface area (Å²) < 4.78 is 18.7. The van der Waals surface area contributed by atoms with E-state index in [9.17, 15) is 14.0 Å². The monoisotopic (exact) mass is 394 g/mol. The van der Waals surface area contributed by atoms with E-state index in [2.05, 4.69) is 20.6 Å². The molecule has 0 bridgehead atoms. The molecule has 0 aliphatic rings. The van der Waals surface area contributed by atoms with Crippen LogP contribution in [0.1, 0.15) is 33.3 Å². The fourth-order valence-electron chi connectivity index (χ4n) is 2.57. The molecule has 0 radical (unpaired) electrons. The van der Waals surface area contributed by atoms with Crippen LogP contribution in [0.25, 0.3) is 0 Å². The van der Waals surface area contributed by atoms with Gasteiger partial charge in [0.1, 0.15) is 23.7 Å². The topological polar surface area (TPSA) is 93.2 Å². The molecule has 7 nitrogen and oxygen atoms in total. The zero-order valence-electron chi connectivity index (χ0n) is 15.7. The lowest BCUT2D eigenvalue weighted by molar-refractivity contribution is 0.0527. The largest absolute Gasteiger partial charge is 0.462 e. The second kappa shape index (κ2) is 9.41. The van der Waals surface area contributed by atoms with Crippen LogP contribution in [0, 0.1) is 5.82 Å². The average Bonchev–Trinajstić information content (AvgIpc) is 2.74. The molecule has 148 valence electrons. The molecule has 0 saturated carbocycles. The number of carbonyl (C=O) groups is 2. The van der Waals surface area contributed by atoms with E-state index in [0.29, 0.717) is 22.6 Å². The number of rotatable bonds is 7. The molecule has 0 fully saturated rings. The Balaban J connectivity index is 1.72. The van der Waals surface area contributed by atoms with E-state index in [-0.39, 0.29) is 18.8 Å². The first-order valence-corrected chi connectivity index (χ1v) is 8.95. The number of aromatic nitrogens is 2. The van der Waals surface area contributed by atoms with Crippen LogP contribution in [-0.4, -0.2) is 28.5 Å². The summed E-state index contributed by atoms with van der Waals surface area (Å²) in [6.45, 7) is 2.02. The summed E-state index contributed by atoms with van der Waals surface area (Å²) in [4.78, 5) is 32.5. The van der Waals surface area contributed by atoms with Gasteiger partial charge in [-0.1, -0.05) is 30.3 Å². The quantitative estimate of drug-likeness (QED) is 0.596. The Morgan fingerprint density at radius 3 is 2.62 bits per heavy atom. The highest BCUT2D eigenvalue weighted by atomic mass is 19.1. The average molecular weight is 394 g/mol. The van der Waals surface area contributed by atoms with Gasteiger partial charge in [0, 0.05) is 18.2 Å². The number of carbonyl (C=O) groups excluding carboxylic acids is 2. The third-order valence-electron chi connectivity index (χ3n) is 3.98. The van der Waals surface area contributed by atoms with Crippen molar-refractivity contribution in [3.63, 3.8) is 0 Å². The maximum absolute atomic E-state index is 13.7. The molecular weight excluding hydrogens is 375 g/mol. The van der Waals surface area contributed by atoms with E-state index in [4.69, 9.17) is 4.74 Å². The molecule has 0 atom stereocenters. The molecular formula is C21H19FN4O3. The third kappa shape index (κ3) is 5.13. The number of nitrogens with zero attached hydrogens (tertiary/aromatic N) is 2. The van der Waals surface area contributed by atoms with Gasteiger partial charge in [-0.3, -0.25) is 4.79 Å². The van der Waals surface area contributed by atoms with Gasteiger partial charge in [-0.2, -0.15) is 0 Å². The van der Waals surface area contributed by atoms with Gasteiger partial charge in [0.15, 0.2) is 0 Å². The maximum atomic E-state index is 13.7. The Morgan fingerprint density at radius 2 is 1.83 bits per heavy atom. The van der Waals surface area contributed by atoms with E-state index < -0.39 is 17.7 Å². The van der Waals surface area contributed by atoms with Gasteiger partial charge < -0.3 is 15.4 Å². The maximum Gasteiger partial charge on any atom is 0.340 e. The first-order valence-electron chi connectivity index (χ1n) is 8.95. The fraction of sp³-hybridized carbons (Fsp3) is 0.143. The molecule has 29 heavy (non-hydrogen) atoms. The summed E-state index contributed by atoms with van der Waals surface area (Å²) in [5.41, 5.74) is 1.31. The standard InChI is InChI=1S/C21H19FN4O3/c1-2-29-21(28)15-8-4-6-10-17(15)26-19-11-18(24-13-25-19)20(27)23-12-14-7-3-5-9-16(14)22/h3-11,13H,2,12H2,1H3,(H,23,27)(H,24,25,26). The number of benzene rings is 2. The number of ether oxygens (including phenoxy) is 1. The molecule has 0 unspecified atom stereocenters. The first-order chi connectivity index (χ1) is 14.1. The summed E-state index contributed by atoms with van der Waals surface area (Å²) in [6, 6.07) is 14.4. The summed E-state index contributed by atoms with van der Waals surface area (Å²) in [6.07, 6.45) is 1.23. The number of halogens is 1. The number of hydrogen-bond donors (Lipinski definition) is 2. The van der Waals surface area contributed by atoms with Crippen molar-refractivity contribution in [1.82, 2.24) is 15.3 Å². The minimum absolute atomic E-state index is 0.0317. The zero-order chi connectivity index (χ0) is 20.6. The molecule has 3 aromatic rings. The first kappa shape index (κ1) is 19.9. The van der Waals surface area contributed by atoms with Gasteiger partial charge in [0.25, 0.3) is 5.91 Å². The van der Waals surface area contributed by atoms with Crippen molar-refractivity contribution in [1.29, 1.82) is 0 Å². The molecule has 1 heterocycles. The van der Waals surface area contributed by atoms with Crippen LogP contribution in [0.4, 0.5) is 15.9 Å². The molecule has 0 spiro atoms. The van der Waals surface area contributed by atoms with Crippen molar-refractivity contribution in [3.8, 4) is 0 Å². The van der Waals surface area contributed by atoms with Gasteiger partial charge in [-0.05, 0) is 25.1 Å². The van der Waals surface area contributed by atoms with E-state index in [1.807, 2.05) is 0 Å². The lowest BCUT2D eigenvalue weighted by atomic mass is 10.2. The van der Waals surface area contributed by atoms with Crippen LogP contribution in [0.5, 0.6) is 0 Å². The minimum Gasteiger partial charge on any atom is -0.462 e. The van der Waals surface area contributed by atoms with Crippen molar-refractivity contribution in [2.24, 2.45) is 0 Å². The van der Waals surface area contributed by atoms with E-state index in [1.165, 1.54) is 18.5 Å². The van der Waals surface area contributed by atoms with Crippen LogP contribution in [0.3, 0.4) is 0 Å². The van der Waals surface area contributed by atoms with E-state index in [0.717, 1.165) is 0 Å². The molecule has 0 saturated heterocycles. The molecule has 8 heteroatoms. The van der Waals surface area contributed by atoms with Crippen LogP contribution in [-0.2, 0) is 11.3 Å². The van der Waals surface area contributed by atoms with E-state index in [1.54, 1.807) is 49.4 Å². The summed E-state index contributed by atoms with van der Waals surface area (Å²) >= 11 is 0. The van der Waals surface area contributed by atoms with Gasteiger partial charge in [-0.25, -0.2) is 19.2 Å². The number of anilines is 2. The molecule has 2 N–H and O–H groups in total. The molecule has 0 aliphatic carbocycles. The Hall–Kier alpha value is -3.81. The highest BCUT2D eigenvalue weighted by Gasteiger charge is 2.14. The second-order valence-corrected chi connectivity index (χ2v) is 5.95. The van der Waals surface area contributed by atoms with Gasteiger partial charge >= 0.3 is 5.97 Å². The lowest BCUT2D eigenvalue weighted by Crippen LogP contribution is -2.24. The molecule has 3 rings (SSSR count). The summed E-state index contributed by atoms with van der Waals surface area (Å²) in [7, 11) is 0. The van der Waals surface area contributed by atoms with Gasteiger partial charge in [0.05, 0.1) is 17.9 Å². The van der Waals surface area contributed by atoms with E-state index >= 15 is 0 Å². The highest BCUT2D eigenvalue weighted by molar-refractivity contribution is 5.97. The number of esters is 1. The minimum atomic E-state index is -0.475. The third-order valence-corrected chi connectivity index (χ3v) is 3.98. The molecule has 2 aromatic carbocycles. The zero-order valence-corrected chi connectivity index (χ0v) is 15.7. The normalized spacial score (nSPS) is 10.3. The highest BCUT2D eigenvalue weighted by Crippen LogP contribution is 2.20. The predicted octanol–water partition coefficient (Wildman–Crippen LogP) is 3.47. The molecule has 1 aromatic heterocycles. The Labute approximate surface area is 167 Å². The molecule has 1 amide bonds. The SMILES string of the molecule is CCOC(=O)c1ccccc1Nc1cc(C(=O)NCc2ccccc2F)ncn1. The number of amides is 1. The predicted molar refractivity (Wildman–Crippen MR) is 105 cm³/mol. The number of hydrogen-bond acceptors (Lipinski definition) is 6. The van der Waals surface area contributed by atoms with Crippen LogP contribution < -0.4 is 10.6 Å². The van der Waals surface area contributed by atoms with Crippen molar-refractivity contribution in [2.45, 2.75) is 13.5 Å². The number of nitrogens with one attached hydrogen (secondary N) is 2. The summed E-state index contributed by atoms with van der Waals surface area (Å²) in [5, 5.41) is 5.62. The van der Waals surface area contributed by atoms with Crippen LogP contribution in [0.15, 0.2) is 60.9 Å². The van der Waals surface area contributed by atoms with Crippen molar-refractivity contribution in [2.75, 3.05) is 11.9 Å². The van der Waals surface area contributed by atoms with Gasteiger partial charge in [-0.15, -0.1) is 0 Å². The van der Waals surface area contributed by atoms with Crippen molar-refractivity contribution < 1.29 is 18.7 Å². The lowest BCUT2D eigenvalue weighted by Gasteiger charge is -2.11. The Kier molecular flexibility index (Phi) is 6.47. The fourth-order valence-corrected chi connectivity index (χ4v) is 2.57.